The van der Waals surface area contributed by atoms with Crippen molar-refractivity contribution in [3.63, 3.8) is 0 Å². The average molecular weight is 303 g/mol. The van der Waals surface area contributed by atoms with Crippen molar-refractivity contribution in [2.75, 3.05) is 0 Å². The van der Waals surface area contributed by atoms with E-state index in [-0.39, 0.29) is 0 Å². The van der Waals surface area contributed by atoms with E-state index >= 15 is 0 Å². The van der Waals surface area contributed by atoms with E-state index in [1.165, 1.54) is 0 Å². The molecule has 0 saturated carbocycles. The summed E-state index contributed by atoms with van der Waals surface area (Å²) in [5, 5.41) is 14.3. The van der Waals surface area contributed by atoms with Crippen molar-refractivity contribution in [3.8, 4) is 10.6 Å². The number of hydrogen-bond acceptors (Lipinski definition) is 6. The minimum Gasteiger partial charge on any atom is -0.355 e. The molecule has 3 aromatic rings. The van der Waals surface area contributed by atoms with Gasteiger partial charge in [-0.15, -0.1) is 16.4 Å². The summed E-state index contributed by atoms with van der Waals surface area (Å²) in [6.45, 7) is 4.50. The Hall–Kier alpha value is -1.99. The Kier molecular flexibility index (Phi) is 3.60. The van der Waals surface area contributed by atoms with E-state index in [0.29, 0.717) is 6.54 Å². The molecule has 0 aromatic carbocycles. The maximum absolute atomic E-state index is 6.16. The van der Waals surface area contributed by atoms with E-state index in [0.717, 1.165) is 28.4 Å². The maximum atomic E-state index is 6.16. The molecule has 3 aromatic heterocycles. The van der Waals surface area contributed by atoms with Gasteiger partial charge in [0.05, 0.1) is 23.2 Å². The largest absolute Gasteiger partial charge is 0.355 e. The van der Waals surface area contributed by atoms with Crippen LogP contribution >= 0.6 is 11.3 Å². The highest BCUT2D eigenvalue weighted by Gasteiger charge is 2.22. The molecule has 0 aliphatic rings. The van der Waals surface area contributed by atoms with Crippen LogP contribution in [0.1, 0.15) is 31.7 Å². The van der Waals surface area contributed by atoms with Crippen molar-refractivity contribution in [1.29, 1.82) is 0 Å². The lowest BCUT2D eigenvalue weighted by Gasteiger charge is -2.18. The molecule has 3 heterocycles. The normalized spacial score (nSPS) is 14.2. The van der Waals surface area contributed by atoms with Gasteiger partial charge in [0.2, 0.25) is 0 Å². The quantitative estimate of drug-likeness (QED) is 0.783. The van der Waals surface area contributed by atoms with Crippen LogP contribution in [0.5, 0.6) is 0 Å². The topological polar surface area (TPSA) is 82.8 Å². The number of aromatic nitrogens is 4. The second-order valence-electron chi connectivity index (χ2n) is 5.23. The first-order chi connectivity index (χ1) is 10.1. The number of thiophene rings is 1. The summed E-state index contributed by atoms with van der Waals surface area (Å²) in [6.07, 6.45) is 2.67. The molecular weight excluding hydrogens is 286 g/mol. The van der Waals surface area contributed by atoms with Crippen molar-refractivity contribution in [2.24, 2.45) is 5.73 Å². The molecule has 0 amide bonds. The Bertz CT molecular complexity index is 713. The van der Waals surface area contributed by atoms with E-state index < -0.39 is 5.54 Å². The molecule has 0 saturated heterocycles. The average Bonchev–Trinajstić information content (AvgIpc) is 3.20. The lowest BCUT2D eigenvalue weighted by Crippen LogP contribution is -2.32. The fourth-order valence-electron chi connectivity index (χ4n) is 1.91. The standard InChI is InChI=1S/C14H17N5OS/c1-3-14(2,15)13-9-19(18-16-13)8-10-7-11(20-17-10)12-5-4-6-21-12/h4-7,9H,3,8,15H2,1-2H3. The second kappa shape index (κ2) is 5.42. The lowest BCUT2D eigenvalue weighted by atomic mass is 9.97. The molecule has 7 heteroatoms. The van der Waals surface area contributed by atoms with Crippen LogP contribution in [-0.4, -0.2) is 20.2 Å². The van der Waals surface area contributed by atoms with Gasteiger partial charge in [-0.05, 0) is 24.8 Å². The van der Waals surface area contributed by atoms with Crippen molar-refractivity contribution in [1.82, 2.24) is 20.2 Å². The third-order valence-corrected chi connectivity index (χ3v) is 4.39. The first-order valence-corrected chi connectivity index (χ1v) is 7.65. The molecule has 0 aliphatic carbocycles. The highest BCUT2D eigenvalue weighted by Crippen LogP contribution is 2.25. The van der Waals surface area contributed by atoms with Crippen LogP contribution in [0.2, 0.25) is 0 Å². The SMILES string of the molecule is CCC(C)(N)c1cn(Cc2cc(-c3cccs3)on2)nn1. The van der Waals surface area contributed by atoms with Gasteiger partial charge >= 0.3 is 0 Å². The van der Waals surface area contributed by atoms with Crippen LogP contribution in [0.15, 0.2) is 34.3 Å². The van der Waals surface area contributed by atoms with Crippen molar-refractivity contribution < 1.29 is 4.52 Å². The molecular formula is C14H17N5OS. The van der Waals surface area contributed by atoms with E-state index in [4.69, 9.17) is 10.3 Å². The highest BCUT2D eigenvalue weighted by atomic mass is 32.1. The molecule has 21 heavy (non-hydrogen) atoms. The predicted octanol–water partition coefficient (Wildman–Crippen LogP) is 2.63. The van der Waals surface area contributed by atoms with Gasteiger partial charge in [0.15, 0.2) is 5.76 Å². The first-order valence-electron chi connectivity index (χ1n) is 6.77. The van der Waals surface area contributed by atoms with Crippen LogP contribution in [0.3, 0.4) is 0 Å². The van der Waals surface area contributed by atoms with Gasteiger partial charge in [0.1, 0.15) is 11.4 Å². The van der Waals surface area contributed by atoms with Gasteiger partial charge in [0, 0.05) is 6.07 Å². The monoisotopic (exact) mass is 303 g/mol. The summed E-state index contributed by atoms with van der Waals surface area (Å²) in [6, 6.07) is 5.91. The summed E-state index contributed by atoms with van der Waals surface area (Å²) in [7, 11) is 0. The van der Waals surface area contributed by atoms with Gasteiger partial charge in [-0.2, -0.15) is 0 Å². The number of hydrogen-bond donors (Lipinski definition) is 1. The van der Waals surface area contributed by atoms with Crippen molar-refractivity contribution in [2.45, 2.75) is 32.4 Å². The minimum atomic E-state index is -0.454. The summed E-state index contributed by atoms with van der Waals surface area (Å²) in [5.74, 6) is 0.776. The maximum Gasteiger partial charge on any atom is 0.177 e. The number of nitrogens with zero attached hydrogens (tertiary/aromatic N) is 4. The summed E-state index contributed by atoms with van der Waals surface area (Å²) < 4.78 is 7.08. The smallest absolute Gasteiger partial charge is 0.177 e. The zero-order valence-corrected chi connectivity index (χ0v) is 12.8. The highest BCUT2D eigenvalue weighted by molar-refractivity contribution is 7.13. The van der Waals surface area contributed by atoms with Gasteiger partial charge in [-0.3, -0.25) is 0 Å². The van der Waals surface area contributed by atoms with E-state index in [2.05, 4.69) is 15.5 Å². The molecule has 0 radical (unpaired) electrons. The molecule has 1 unspecified atom stereocenters. The van der Waals surface area contributed by atoms with Crippen LogP contribution in [0, 0.1) is 0 Å². The molecule has 0 fully saturated rings. The number of nitrogens with two attached hydrogens (primary N) is 1. The Morgan fingerprint density at radius 2 is 2.33 bits per heavy atom. The van der Waals surface area contributed by atoms with Crippen molar-refractivity contribution in [3.05, 3.63) is 41.2 Å². The second-order valence-corrected chi connectivity index (χ2v) is 6.18. The summed E-state index contributed by atoms with van der Waals surface area (Å²) in [5.41, 5.74) is 7.30. The molecule has 0 bridgehead atoms. The van der Waals surface area contributed by atoms with Gasteiger partial charge in [-0.1, -0.05) is 23.4 Å². The molecule has 0 aliphatic heterocycles. The van der Waals surface area contributed by atoms with E-state index in [1.54, 1.807) is 16.0 Å². The Balaban J connectivity index is 1.76. The minimum absolute atomic E-state index is 0.454. The molecule has 110 valence electrons. The predicted molar refractivity (Wildman–Crippen MR) is 80.8 cm³/mol. The van der Waals surface area contributed by atoms with E-state index in [1.807, 2.05) is 43.6 Å². The van der Waals surface area contributed by atoms with Crippen LogP contribution in [0.4, 0.5) is 0 Å². The Morgan fingerprint density at radius 3 is 3.05 bits per heavy atom. The Labute approximate surface area is 126 Å². The molecule has 1 atom stereocenters. The molecule has 6 nitrogen and oxygen atoms in total. The van der Waals surface area contributed by atoms with Gasteiger partial charge in [0.25, 0.3) is 0 Å². The fourth-order valence-corrected chi connectivity index (χ4v) is 2.58. The van der Waals surface area contributed by atoms with Crippen molar-refractivity contribution >= 4 is 11.3 Å². The van der Waals surface area contributed by atoms with Crippen LogP contribution in [0.25, 0.3) is 10.6 Å². The molecule has 0 spiro atoms. The number of rotatable bonds is 5. The zero-order chi connectivity index (χ0) is 14.9. The van der Waals surface area contributed by atoms with Gasteiger partial charge < -0.3 is 10.3 Å². The van der Waals surface area contributed by atoms with Crippen LogP contribution in [-0.2, 0) is 12.1 Å². The molecule has 3 rings (SSSR count). The Morgan fingerprint density at radius 1 is 1.48 bits per heavy atom. The molecule has 2 N–H and O–H groups in total. The fraction of sp³-hybridized carbons (Fsp3) is 0.357. The first kappa shape index (κ1) is 14.0. The summed E-state index contributed by atoms with van der Waals surface area (Å²) in [4.78, 5) is 1.06. The zero-order valence-electron chi connectivity index (χ0n) is 12.0. The van der Waals surface area contributed by atoms with Crippen LogP contribution < -0.4 is 5.73 Å². The lowest BCUT2D eigenvalue weighted by molar-refractivity contribution is 0.419. The third-order valence-electron chi connectivity index (χ3n) is 3.51. The third kappa shape index (κ3) is 2.88. The van der Waals surface area contributed by atoms with E-state index in [9.17, 15) is 0 Å². The van der Waals surface area contributed by atoms with Gasteiger partial charge in [-0.25, -0.2) is 4.68 Å². The summed E-state index contributed by atoms with van der Waals surface area (Å²) >= 11 is 1.62.